The van der Waals surface area contributed by atoms with Crippen molar-refractivity contribution in [1.29, 1.82) is 5.26 Å². The van der Waals surface area contributed by atoms with Crippen LogP contribution in [-0.2, 0) is 4.79 Å². The van der Waals surface area contributed by atoms with E-state index in [1.165, 1.54) is 17.8 Å². The van der Waals surface area contributed by atoms with E-state index in [0.717, 1.165) is 5.69 Å². The lowest BCUT2D eigenvalue weighted by atomic mass is 10.3. The van der Waals surface area contributed by atoms with Crippen molar-refractivity contribution in [2.75, 3.05) is 5.32 Å². The molecule has 0 saturated heterocycles. The Labute approximate surface area is 98.3 Å². The number of benzene rings is 1. The molecule has 1 N–H and O–H groups in total. The van der Waals surface area contributed by atoms with Crippen LogP contribution in [0, 0.1) is 11.3 Å². The molecule has 0 unspecified atom stereocenters. The highest BCUT2D eigenvalue weighted by Gasteiger charge is 2.12. The van der Waals surface area contributed by atoms with Gasteiger partial charge in [0.05, 0.1) is 11.9 Å². The van der Waals surface area contributed by atoms with Crippen molar-refractivity contribution in [2.24, 2.45) is 0 Å². The predicted molar refractivity (Wildman–Crippen MR) is 62.6 cm³/mol. The summed E-state index contributed by atoms with van der Waals surface area (Å²) in [6.07, 6.45) is 1.43. The van der Waals surface area contributed by atoms with Crippen molar-refractivity contribution in [1.82, 2.24) is 9.78 Å². The number of carbonyl (C=O) groups is 1. The fourth-order valence-electron chi connectivity index (χ4n) is 1.48. The monoisotopic (exact) mass is 226 g/mol. The number of nitrogens with zero attached hydrogens (tertiary/aromatic N) is 3. The normalized spacial score (nSPS) is 9.65. The number of amides is 1. The van der Waals surface area contributed by atoms with Crippen LogP contribution >= 0.6 is 0 Å². The van der Waals surface area contributed by atoms with Gasteiger partial charge in [0.2, 0.25) is 5.91 Å². The van der Waals surface area contributed by atoms with Gasteiger partial charge in [0.1, 0.15) is 11.6 Å². The molecule has 17 heavy (non-hydrogen) atoms. The van der Waals surface area contributed by atoms with E-state index in [2.05, 4.69) is 10.4 Å². The topological polar surface area (TPSA) is 70.7 Å². The largest absolute Gasteiger partial charge is 0.310 e. The molecule has 1 amide bonds. The van der Waals surface area contributed by atoms with Gasteiger partial charge in [-0.3, -0.25) is 4.79 Å². The Morgan fingerprint density at radius 3 is 2.71 bits per heavy atom. The van der Waals surface area contributed by atoms with Crippen molar-refractivity contribution < 1.29 is 4.79 Å². The highest BCUT2D eigenvalue weighted by atomic mass is 16.1. The first-order chi connectivity index (χ1) is 8.22. The minimum absolute atomic E-state index is 0.237. The zero-order valence-electron chi connectivity index (χ0n) is 9.21. The number of rotatable bonds is 2. The lowest BCUT2D eigenvalue weighted by molar-refractivity contribution is -0.114. The van der Waals surface area contributed by atoms with Crippen LogP contribution < -0.4 is 5.32 Å². The number of aromatic nitrogens is 2. The molecule has 0 saturated carbocycles. The molecule has 0 atom stereocenters. The summed E-state index contributed by atoms with van der Waals surface area (Å²) >= 11 is 0. The first-order valence-corrected chi connectivity index (χ1v) is 5.03. The fraction of sp³-hybridized carbons (Fsp3) is 0.0833. The number of para-hydroxylation sites is 1. The number of hydrogen-bond acceptors (Lipinski definition) is 3. The molecule has 0 aliphatic carbocycles. The number of anilines is 1. The molecule has 1 aromatic heterocycles. The summed E-state index contributed by atoms with van der Waals surface area (Å²) < 4.78 is 1.53. The average Bonchev–Trinajstić information content (AvgIpc) is 2.72. The van der Waals surface area contributed by atoms with Gasteiger partial charge in [-0.15, -0.1) is 0 Å². The quantitative estimate of drug-likeness (QED) is 0.847. The number of nitrogens with one attached hydrogen (secondary N) is 1. The van der Waals surface area contributed by atoms with E-state index in [-0.39, 0.29) is 5.91 Å². The molecule has 84 valence electrons. The van der Waals surface area contributed by atoms with E-state index in [1.807, 2.05) is 36.4 Å². The van der Waals surface area contributed by atoms with Gasteiger partial charge in [0.25, 0.3) is 0 Å². The highest BCUT2D eigenvalue weighted by Crippen LogP contribution is 2.19. The van der Waals surface area contributed by atoms with E-state index < -0.39 is 0 Å². The van der Waals surface area contributed by atoms with E-state index in [9.17, 15) is 4.79 Å². The molecule has 1 heterocycles. The SMILES string of the molecule is CC(=O)Nc1c(C#N)cnn1-c1ccccc1. The van der Waals surface area contributed by atoms with Gasteiger partial charge in [-0.1, -0.05) is 18.2 Å². The molecule has 0 bridgehead atoms. The second-order valence-corrected chi connectivity index (χ2v) is 3.45. The second-order valence-electron chi connectivity index (χ2n) is 3.45. The third kappa shape index (κ3) is 2.16. The summed E-state index contributed by atoms with van der Waals surface area (Å²) in [6.45, 7) is 1.39. The maximum absolute atomic E-state index is 11.1. The van der Waals surface area contributed by atoms with Gasteiger partial charge < -0.3 is 5.32 Å². The Bertz CT molecular complexity index is 580. The van der Waals surface area contributed by atoms with E-state index in [1.54, 1.807) is 0 Å². The molecule has 0 aliphatic heterocycles. The van der Waals surface area contributed by atoms with Crippen molar-refractivity contribution >= 4 is 11.7 Å². The van der Waals surface area contributed by atoms with Crippen LogP contribution in [-0.4, -0.2) is 15.7 Å². The third-order valence-corrected chi connectivity index (χ3v) is 2.18. The van der Waals surface area contributed by atoms with Gasteiger partial charge >= 0.3 is 0 Å². The van der Waals surface area contributed by atoms with Crippen LogP contribution in [0.3, 0.4) is 0 Å². The van der Waals surface area contributed by atoms with Crippen molar-refractivity contribution in [3.63, 3.8) is 0 Å². The maximum atomic E-state index is 11.1. The van der Waals surface area contributed by atoms with Crippen LogP contribution in [0.25, 0.3) is 5.69 Å². The van der Waals surface area contributed by atoms with Crippen LogP contribution in [0.1, 0.15) is 12.5 Å². The second kappa shape index (κ2) is 4.49. The lowest BCUT2D eigenvalue weighted by Crippen LogP contribution is -2.12. The molecular weight excluding hydrogens is 216 g/mol. The molecule has 5 heteroatoms. The summed E-state index contributed by atoms with van der Waals surface area (Å²) in [6, 6.07) is 11.3. The first-order valence-electron chi connectivity index (χ1n) is 5.03. The van der Waals surface area contributed by atoms with Gasteiger partial charge in [-0.05, 0) is 12.1 Å². The molecule has 0 spiro atoms. The molecule has 2 aromatic rings. The van der Waals surface area contributed by atoms with E-state index in [0.29, 0.717) is 11.4 Å². The van der Waals surface area contributed by atoms with Crippen molar-refractivity contribution in [2.45, 2.75) is 6.92 Å². The first kappa shape index (κ1) is 10.9. The highest BCUT2D eigenvalue weighted by molar-refractivity contribution is 5.89. The Morgan fingerprint density at radius 1 is 1.41 bits per heavy atom. The van der Waals surface area contributed by atoms with Gasteiger partial charge in [0, 0.05) is 6.92 Å². The summed E-state index contributed by atoms with van der Waals surface area (Å²) in [7, 11) is 0. The lowest BCUT2D eigenvalue weighted by Gasteiger charge is -2.07. The smallest absolute Gasteiger partial charge is 0.222 e. The minimum atomic E-state index is -0.237. The minimum Gasteiger partial charge on any atom is -0.310 e. The Kier molecular flexibility index (Phi) is 2.88. The van der Waals surface area contributed by atoms with Crippen molar-refractivity contribution in [3.05, 3.63) is 42.1 Å². The average molecular weight is 226 g/mol. The van der Waals surface area contributed by atoms with Crippen LogP contribution in [0.2, 0.25) is 0 Å². The fourth-order valence-corrected chi connectivity index (χ4v) is 1.48. The molecule has 5 nitrogen and oxygen atoms in total. The number of hydrogen-bond donors (Lipinski definition) is 1. The van der Waals surface area contributed by atoms with Crippen molar-refractivity contribution in [3.8, 4) is 11.8 Å². The van der Waals surface area contributed by atoms with Gasteiger partial charge in [-0.2, -0.15) is 10.4 Å². The standard InChI is InChI=1S/C12H10N4O/c1-9(17)15-12-10(7-13)8-14-16(12)11-5-3-2-4-6-11/h2-6,8H,1H3,(H,15,17). The van der Waals surface area contributed by atoms with Crippen LogP contribution in [0.15, 0.2) is 36.5 Å². The molecule has 0 fully saturated rings. The molecular formula is C12H10N4O. The summed E-state index contributed by atoms with van der Waals surface area (Å²) in [5.41, 5.74) is 1.13. The van der Waals surface area contributed by atoms with Gasteiger partial charge in [0.15, 0.2) is 5.82 Å². The summed E-state index contributed by atoms with van der Waals surface area (Å²) in [4.78, 5) is 11.1. The maximum Gasteiger partial charge on any atom is 0.222 e. The van der Waals surface area contributed by atoms with E-state index >= 15 is 0 Å². The van der Waals surface area contributed by atoms with E-state index in [4.69, 9.17) is 5.26 Å². The molecule has 0 aliphatic rings. The van der Waals surface area contributed by atoms with Gasteiger partial charge in [-0.25, -0.2) is 4.68 Å². The predicted octanol–water partition coefficient (Wildman–Crippen LogP) is 1.70. The molecule has 2 rings (SSSR count). The summed E-state index contributed by atoms with van der Waals surface area (Å²) in [5.74, 6) is 0.158. The Hall–Kier alpha value is -2.61. The third-order valence-electron chi connectivity index (χ3n) is 2.18. The summed E-state index contributed by atoms with van der Waals surface area (Å²) in [5, 5.41) is 15.6. The number of nitriles is 1. The zero-order chi connectivity index (χ0) is 12.3. The molecule has 1 aromatic carbocycles. The zero-order valence-corrected chi connectivity index (χ0v) is 9.21. The Balaban J connectivity index is 2.52. The number of carbonyl (C=O) groups excluding carboxylic acids is 1. The molecule has 0 radical (unpaired) electrons. The van der Waals surface area contributed by atoms with Crippen LogP contribution in [0.4, 0.5) is 5.82 Å². The Morgan fingerprint density at radius 2 is 2.12 bits per heavy atom. The van der Waals surface area contributed by atoms with Crippen LogP contribution in [0.5, 0.6) is 0 Å².